The highest BCUT2D eigenvalue weighted by Gasteiger charge is 2.10. The molecular formula is C17H14N4O4. The summed E-state index contributed by atoms with van der Waals surface area (Å²) >= 11 is 0. The van der Waals surface area contributed by atoms with Crippen LogP contribution in [0, 0.1) is 0 Å². The molecule has 0 spiro atoms. The van der Waals surface area contributed by atoms with Gasteiger partial charge in [0.15, 0.2) is 5.69 Å². The predicted molar refractivity (Wildman–Crippen MR) is 90.2 cm³/mol. The molecule has 0 radical (unpaired) electrons. The van der Waals surface area contributed by atoms with E-state index in [2.05, 4.69) is 10.4 Å². The molecule has 1 amide bonds. The molecule has 2 aromatic heterocycles. The molecule has 0 aliphatic heterocycles. The number of hydrogen-bond acceptors (Lipinski definition) is 4. The Morgan fingerprint density at radius 2 is 1.92 bits per heavy atom. The minimum Gasteiger partial charge on any atom is -0.476 e. The van der Waals surface area contributed by atoms with Crippen LogP contribution in [-0.4, -0.2) is 31.3 Å². The molecule has 0 fully saturated rings. The van der Waals surface area contributed by atoms with Gasteiger partial charge in [-0.1, -0.05) is 6.07 Å². The Hall–Kier alpha value is -3.68. The number of anilines is 1. The van der Waals surface area contributed by atoms with Crippen molar-refractivity contribution in [3.05, 3.63) is 76.5 Å². The van der Waals surface area contributed by atoms with E-state index in [4.69, 9.17) is 5.11 Å². The maximum Gasteiger partial charge on any atom is 0.356 e. The van der Waals surface area contributed by atoms with Crippen LogP contribution in [0.4, 0.5) is 5.69 Å². The summed E-state index contributed by atoms with van der Waals surface area (Å²) in [5.41, 5.74) is 0.985. The number of rotatable bonds is 4. The summed E-state index contributed by atoms with van der Waals surface area (Å²) < 4.78 is 2.77. The van der Waals surface area contributed by atoms with Crippen molar-refractivity contribution in [1.29, 1.82) is 0 Å². The Balaban J connectivity index is 1.83. The van der Waals surface area contributed by atoms with Gasteiger partial charge in [-0.3, -0.25) is 9.59 Å². The zero-order chi connectivity index (χ0) is 18.0. The number of carboxylic acids is 1. The molecule has 0 unspecified atom stereocenters. The lowest BCUT2D eigenvalue weighted by Crippen LogP contribution is -2.20. The number of aromatic carboxylic acids is 1. The van der Waals surface area contributed by atoms with Crippen LogP contribution in [0.25, 0.3) is 5.69 Å². The second-order valence-electron chi connectivity index (χ2n) is 5.32. The van der Waals surface area contributed by atoms with Crippen molar-refractivity contribution in [3.8, 4) is 5.69 Å². The van der Waals surface area contributed by atoms with E-state index >= 15 is 0 Å². The zero-order valence-corrected chi connectivity index (χ0v) is 13.2. The van der Waals surface area contributed by atoms with Gasteiger partial charge < -0.3 is 15.0 Å². The molecule has 0 saturated heterocycles. The molecule has 3 aromatic rings. The lowest BCUT2D eigenvalue weighted by atomic mass is 10.2. The van der Waals surface area contributed by atoms with Gasteiger partial charge in [0.25, 0.3) is 11.5 Å². The number of aromatic nitrogens is 3. The number of aryl methyl sites for hydroxylation is 1. The molecule has 0 bridgehead atoms. The Bertz CT molecular complexity index is 1020. The molecule has 2 N–H and O–H groups in total. The molecule has 8 heteroatoms. The van der Waals surface area contributed by atoms with Crippen molar-refractivity contribution in [2.24, 2.45) is 7.05 Å². The van der Waals surface area contributed by atoms with Crippen LogP contribution in [0.15, 0.2) is 59.7 Å². The number of carbonyl (C=O) groups is 2. The number of benzene rings is 1. The minimum atomic E-state index is -1.12. The third-order valence-electron chi connectivity index (χ3n) is 3.54. The fraction of sp³-hybridized carbons (Fsp3) is 0.0588. The van der Waals surface area contributed by atoms with Gasteiger partial charge in [0, 0.05) is 36.8 Å². The van der Waals surface area contributed by atoms with Gasteiger partial charge in [-0.15, -0.1) is 0 Å². The molecule has 126 valence electrons. The van der Waals surface area contributed by atoms with Crippen LogP contribution in [0.5, 0.6) is 0 Å². The highest BCUT2D eigenvalue weighted by molar-refractivity contribution is 6.04. The lowest BCUT2D eigenvalue weighted by Gasteiger charge is -2.08. The second-order valence-corrected chi connectivity index (χ2v) is 5.32. The van der Waals surface area contributed by atoms with E-state index in [0.29, 0.717) is 11.4 Å². The van der Waals surface area contributed by atoms with Crippen LogP contribution >= 0.6 is 0 Å². The third kappa shape index (κ3) is 3.47. The van der Waals surface area contributed by atoms with E-state index in [1.807, 2.05) is 0 Å². The van der Waals surface area contributed by atoms with Crippen LogP contribution < -0.4 is 10.9 Å². The third-order valence-corrected chi connectivity index (χ3v) is 3.54. The van der Waals surface area contributed by atoms with Crippen molar-refractivity contribution in [1.82, 2.24) is 14.3 Å². The first kappa shape index (κ1) is 16.2. The Morgan fingerprint density at radius 3 is 2.60 bits per heavy atom. The molecule has 1 aromatic carbocycles. The maximum atomic E-state index is 12.3. The van der Waals surface area contributed by atoms with E-state index in [0.717, 1.165) is 0 Å². The van der Waals surface area contributed by atoms with E-state index in [-0.39, 0.29) is 16.8 Å². The summed E-state index contributed by atoms with van der Waals surface area (Å²) in [6, 6.07) is 11.0. The lowest BCUT2D eigenvalue weighted by molar-refractivity contribution is 0.0689. The van der Waals surface area contributed by atoms with Gasteiger partial charge in [-0.25, -0.2) is 9.48 Å². The van der Waals surface area contributed by atoms with Crippen molar-refractivity contribution < 1.29 is 14.7 Å². The second kappa shape index (κ2) is 6.44. The van der Waals surface area contributed by atoms with Gasteiger partial charge in [0.05, 0.1) is 5.69 Å². The smallest absolute Gasteiger partial charge is 0.356 e. The summed E-state index contributed by atoms with van der Waals surface area (Å²) in [4.78, 5) is 34.8. The monoisotopic (exact) mass is 338 g/mol. The molecule has 0 atom stereocenters. The van der Waals surface area contributed by atoms with Crippen LogP contribution in [0.1, 0.15) is 20.8 Å². The first-order valence-corrected chi connectivity index (χ1v) is 7.31. The number of carboxylic acid groups (broad SMARTS) is 1. The summed E-state index contributed by atoms with van der Waals surface area (Å²) in [6.45, 7) is 0. The van der Waals surface area contributed by atoms with Gasteiger partial charge in [0.2, 0.25) is 0 Å². The van der Waals surface area contributed by atoms with Crippen LogP contribution in [-0.2, 0) is 7.05 Å². The zero-order valence-electron chi connectivity index (χ0n) is 13.2. The van der Waals surface area contributed by atoms with Gasteiger partial charge in [-0.05, 0) is 30.3 Å². The number of hydrogen-bond donors (Lipinski definition) is 2. The van der Waals surface area contributed by atoms with Gasteiger partial charge in [-0.2, -0.15) is 5.10 Å². The summed E-state index contributed by atoms with van der Waals surface area (Å²) in [7, 11) is 1.60. The molecule has 0 aliphatic rings. The Labute approximate surface area is 142 Å². The molecule has 3 rings (SSSR count). The molecule has 25 heavy (non-hydrogen) atoms. The number of nitrogens with one attached hydrogen (secondary N) is 1. The molecule has 8 nitrogen and oxygen atoms in total. The summed E-state index contributed by atoms with van der Waals surface area (Å²) in [6.07, 6.45) is 3.04. The van der Waals surface area contributed by atoms with Crippen molar-refractivity contribution >= 4 is 17.6 Å². The maximum absolute atomic E-state index is 12.3. The fourth-order valence-corrected chi connectivity index (χ4v) is 2.20. The van der Waals surface area contributed by atoms with E-state index < -0.39 is 11.9 Å². The highest BCUT2D eigenvalue weighted by Crippen LogP contribution is 2.15. The van der Waals surface area contributed by atoms with Gasteiger partial charge in [0.1, 0.15) is 0 Å². The number of pyridine rings is 1. The average Bonchev–Trinajstić information content (AvgIpc) is 3.08. The van der Waals surface area contributed by atoms with Crippen molar-refractivity contribution in [3.63, 3.8) is 0 Å². The number of nitrogens with zero attached hydrogens (tertiary/aromatic N) is 3. The number of amides is 1. The topological polar surface area (TPSA) is 106 Å². The van der Waals surface area contributed by atoms with Crippen molar-refractivity contribution in [2.45, 2.75) is 0 Å². The Morgan fingerprint density at radius 1 is 1.12 bits per heavy atom. The molecule has 0 saturated carbocycles. The SMILES string of the molecule is Cn1ccc(C(=O)Nc2cccc(-n3ccc(C(=O)O)n3)c2)cc1=O. The highest BCUT2D eigenvalue weighted by atomic mass is 16.4. The normalized spacial score (nSPS) is 10.4. The minimum absolute atomic E-state index is 0.0745. The Kier molecular flexibility index (Phi) is 4.17. The molecule has 0 aliphatic carbocycles. The fourth-order valence-electron chi connectivity index (χ4n) is 2.20. The summed E-state index contributed by atoms with van der Waals surface area (Å²) in [5, 5.41) is 15.6. The molecular weight excluding hydrogens is 324 g/mol. The average molecular weight is 338 g/mol. The summed E-state index contributed by atoms with van der Waals surface area (Å²) in [5.74, 6) is -1.53. The van der Waals surface area contributed by atoms with E-state index in [1.54, 1.807) is 37.4 Å². The van der Waals surface area contributed by atoms with E-state index in [9.17, 15) is 14.4 Å². The van der Waals surface area contributed by atoms with Crippen LogP contribution in [0.2, 0.25) is 0 Å². The largest absolute Gasteiger partial charge is 0.476 e. The first-order valence-electron chi connectivity index (χ1n) is 7.31. The van der Waals surface area contributed by atoms with E-state index in [1.165, 1.54) is 33.8 Å². The number of carbonyl (C=O) groups excluding carboxylic acids is 1. The molecule has 2 heterocycles. The first-order chi connectivity index (χ1) is 11.9. The standard InChI is InChI=1S/C17H14N4O4/c1-20-7-5-11(9-15(20)22)16(23)18-12-3-2-4-13(10-12)21-8-6-14(19-21)17(24)25/h2-10H,1H3,(H,18,23)(H,24,25). The van der Waals surface area contributed by atoms with Crippen LogP contribution in [0.3, 0.4) is 0 Å². The van der Waals surface area contributed by atoms with Crippen molar-refractivity contribution in [2.75, 3.05) is 5.32 Å². The predicted octanol–water partition coefficient (Wildman–Crippen LogP) is 1.52. The van der Waals surface area contributed by atoms with Gasteiger partial charge >= 0.3 is 5.97 Å². The quantitative estimate of drug-likeness (QED) is 0.750.